The van der Waals surface area contributed by atoms with E-state index in [9.17, 15) is 0 Å². The number of anilines is 3. The molecule has 1 heterocycles. The highest BCUT2D eigenvalue weighted by molar-refractivity contribution is 6.22. The Morgan fingerprint density at radius 3 is 1.46 bits per heavy atom. The smallest absolute Gasteiger partial charge is 0.0619 e. The Kier molecular flexibility index (Phi) is 7.85. The second-order valence-electron chi connectivity index (χ2n) is 13.8. The van der Waals surface area contributed by atoms with Gasteiger partial charge in [-0.1, -0.05) is 164 Å². The highest BCUT2D eigenvalue weighted by Crippen LogP contribution is 2.44. The minimum Gasteiger partial charge on any atom is -0.310 e. The third kappa shape index (κ3) is 5.53. The van der Waals surface area contributed by atoms with Crippen molar-refractivity contribution in [2.45, 2.75) is 0 Å². The number of fused-ring (bicyclic) bond motifs is 5. The minimum atomic E-state index is 1.09. The number of rotatable bonds is 7. The number of hydrogen-bond donors (Lipinski definition) is 0. The van der Waals surface area contributed by atoms with Crippen molar-refractivity contribution in [3.05, 3.63) is 218 Å². The number of benzene rings is 9. The van der Waals surface area contributed by atoms with E-state index < -0.39 is 0 Å². The van der Waals surface area contributed by atoms with Crippen LogP contribution in [0.25, 0.3) is 71.6 Å². The third-order valence-corrected chi connectivity index (χ3v) is 10.5. The van der Waals surface area contributed by atoms with E-state index in [2.05, 4.69) is 228 Å². The third-order valence-electron chi connectivity index (χ3n) is 10.5. The van der Waals surface area contributed by atoms with E-state index in [0.717, 1.165) is 22.7 Å². The lowest BCUT2D eigenvalue weighted by atomic mass is 9.97. The summed E-state index contributed by atoms with van der Waals surface area (Å²) in [4.78, 5) is 2.39. The number of nitrogens with zero attached hydrogens (tertiary/aromatic N) is 2. The van der Waals surface area contributed by atoms with E-state index in [4.69, 9.17) is 0 Å². The van der Waals surface area contributed by atoms with Gasteiger partial charge < -0.3 is 9.47 Å². The van der Waals surface area contributed by atoms with Crippen molar-refractivity contribution in [2.24, 2.45) is 0 Å². The first-order valence-electron chi connectivity index (χ1n) is 18.5. The van der Waals surface area contributed by atoms with Crippen molar-refractivity contribution in [3.63, 3.8) is 0 Å². The van der Waals surface area contributed by atoms with Gasteiger partial charge in [0.2, 0.25) is 0 Å². The molecule has 254 valence electrons. The van der Waals surface area contributed by atoms with Crippen molar-refractivity contribution in [1.29, 1.82) is 0 Å². The van der Waals surface area contributed by atoms with E-state index >= 15 is 0 Å². The molecule has 0 spiro atoms. The zero-order chi connectivity index (χ0) is 35.8. The van der Waals surface area contributed by atoms with Crippen LogP contribution in [-0.2, 0) is 0 Å². The standard InChI is InChI=1S/C52H36N2/c1-4-16-37(17-5-1)40-21-12-26-44(34-40)53(45-27-13-22-41(35-45)38-18-6-2-7-19-38)46-28-14-23-42(36-46)47-30-15-31-50-51(47)49-33-32-39-20-10-11-29-48(39)52(49)54(50)43-24-8-3-9-25-43/h1-36H. The summed E-state index contributed by atoms with van der Waals surface area (Å²) >= 11 is 0. The highest BCUT2D eigenvalue weighted by atomic mass is 15.1. The van der Waals surface area contributed by atoms with Gasteiger partial charge in [-0.2, -0.15) is 0 Å². The summed E-state index contributed by atoms with van der Waals surface area (Å²) in [5.74, 6) is 0. The minimum absolute atomic E-state index is 1.09. The molecule has 0 aliphatic carbocycles. The Labute approximate surface area is 315 Å². The van der Waals surface area contributed by atoms with Crippen LogP contribution < -0.4 is 4.90 Å². The van der Waals surface area contributed by atoms with Crippen molar-refractivity contribution >= 4 is 49.6 Å². The summed E-state index contributed by atoms with van der Waals surface area (Å²) in [7, 11) is 0. The van der Waals surface area contributed by atoms with Crippen LogP contribution in [0.5, 0.6) is 0 Å². The number of aromatic nitrogens is 1. The van der Waals surface area contributed by atoms with Crippen molar-refractivity contribution in [2.75, 3.05) is 4.90 Å². The van der Waals surface area contributed by atoms with E-state index in [-0.39, 0.29) is 0 Å². The molecule has 0 N–H and O–H groups in total. The molecule has 2 heteroatoms. The molecular formula is C52H36N2. The lowest BCUT2D eigenvalue weighted by molar-refractivity contribution is 1.19. The van der Waals surface area contributed by atoms with Gasteiger partial charge in [-0.25, -0.2) is 0 Å². The molecule has 10 rings (SSSR count). The summed E-state index contributed by atoms with van der Waals surface area (Å²) in [5, 5.41) is 4.98. The summed E-state index contributed by atoms with van der Waals surface area (Å²) in [6.45, 7) is 0. The molecule has 0 aliphatic heterocycles. The van der Waals surface area contributed by atoms with E-state index in [1.807, 2.05) is 0 Å². The molecule has 0 saturated heterocycles. The SMILES string of the molecule is c1ccc(-c2cccc(N(c3cccc(-c4ccccc4)c3)c3cccc(-c4cccc5c4c4ccc6ccccc6c4n5-c4ccccc4)c3)c2)cc1. The van der Waals surface area contributed by atoms with Crippen LogP contribution in [0.4, 0.5) is 17.1 Å². The largest absolute Gasteiger partial charge is 0.310 e. The molecule has 0 saturated carbocycles. The van der Waals surface area contributed by atoms with Gasteiger partial charge >= 0.3 is 0 Å². The average molecular weight is 689 g/mol. The summed E-state index contributed by atoms with van der Waals surface area (Å²) in [6, 6.07) is 78.8. The van der Waals surface area contributed by atoms with Crippen molar-refractivity contribution in [3.8, 4) is 39.1 Å². The Balaban J connectivity index is 1.19. The molecule has 2 nitrogen and oxygen atoms in total. The Morgan fingerprint density at radius 2 is 0.833 bits per heavy atom. The maximum absolute atomic E-state index is 2.44. The van der Waals surface area contributed by atoms with Gasteiger partial charge in [0.15, 0.2) is 0 Å². The van der Waals surface area contributed by atoms with Crippen LogP contribution in [0.15, 0.2) is 218 Å². The molecule has 10 aromatic rings. The summed E-state index contributed by atoms with van der Waals surface area (Å²) < 4.78 is 2.44. The molecule has 0 atom stereocenters. The molecule has 0 aliphatic rings. The maximum atomic E-state index is 2.44. The van der Waals surface area contributed by atoms with E-state index in [1.165, 1.54) is 66.0 Å². The van der Waals surface area contributed by atoms with Crippen LogP contribution in [0.3, 0.4) is 0 Å². The quantitative estimate of drug-likeness (QED) is 0.162. The zero-order valence-electron chi connectivity index (χ0n) is 29.7. The van der Waals surface area contributed by atoms with Gasteiger partial charge in [0.25, 0.3) is 0 Å². The van der Waals surface area contributed by atoms with Crippen molar-refractivity contribution in [1.82, 2.24) is 4.57 Å². The highest BCUT2D eigenvalue weighted by Gasteiger charge is 2.20. The van der Waals surface area contributed by atoms with Gasteiger partial charge in [0.05, 0.1) is 11.0 Å². The van der Waals surface area contributed by atoms with Gasteiger partial charge in [0.1, 0.15) is 0 Å². The molecular weight excluding hydrogens is 653 g/mol. The van der Waals surface area contributed by atoms with Crippen LogP contribution >= 0.6 is 0 Å². The normalized spacial score (nSPS) is 11.3. The zero-order valence-corrected chi connectivity index (χ0v) is 29.7. The monoisotopic (exact) mass is 688 g/mol. The van der Waals surface area contributed by atoms with E-state index in [1.54, 1.807) is 0 Å². The Morgan fingerprint density at radius 1 is 0.333 bits per heavy atom. The fourth-order valence-electron chi connectivity index (χ4n) is 8.08. The second-order valence-corrected chi connectivity index (χ2v) is 13.8. The topological polar surface area (TPSA) is 8.17 Å². The maximum Gasteiger partial charge on any atom is 0.0619 e. The lowest BCUT2D eigenvalue weighted by Gasteiger charge is -2.27. The first-order chi connectivity index (χ1) is 26.8. The molecule has 54 heavy (non-hydrogen) atoms. The summed E-state index contributed by atoms with van der Waals surface area (Å²) in [5.41, 5.74) is 14.0. The molecule has 1 aromatic heterocycles. The van der Waals surface area contributed by atoms with E-state index in [0.29, 0.717) is 0 Å². The number of para-hydroxylation sites is 1. The number of hydrogen-bond acceptors (Lipinski definition) is 1. The Hall–Kier alpha value is -7.16. The van der Waals surface area contributed by atoms with Gasteiger partial charge in [-0.05, 0) is 93.4 Å². The van der Waals surface area contributed by atoms with Crippen LogP contribution in [0.1, 0.15) is 0 Å². The van der Waals surface area contributed by atoms with Crippen molar-refractivity contribution < 1.29 is 0 Å². The predicted octanol–water partition coefficient (Wildman–Crippen LogP) is 14.4. The lowest BCUT2D eigenvalue weighted by Crippen LogP contribution is -2.10. The van der Waals surface area contributed by atoms with Gasteiger partial charge in [-0.15, -0.1) is 0 Å². The second kappa shape index (κ2) is 13.4. The first-order valence-corrected chi connectivity index (χ1v) is 18.5. The Bertz CT molecular complexity index is 2840. The first kappa shape index (κ1) is 31.6. The molecule has 0 fully saturated rings. The van der Waals surface area contributed by atoms with Gasteiger partial charge in [-0.3, -0.25) is 0 Å². The van der Waals surface area contributed by atoms with Crippen LogP contribution in [0, 0.1) is 0 Å². The molecule has 0 bridgehead atoms. The van der Waals surface area contributed by atoms with Crippen LogP contribution in [-0.4, -0.2) is 4.57 Å². The molecule has 0 amide bonds. The molecule has 0 unspecified atom stereocenters. The van der Waals surface area contributed by atoms with Crippen LogP contribution in [0.2, 0.25) is 0 Å². The fourth-order valence-corrected chi connectivity index (χ4v) is 8.08. The fraction of sp³-hybridized carbons (Fsp3) is 0. The summed E-state index contributed by atoms with van der Waals surface area (Å²) in [6.07, 6.45) is 0. The molecule has 9 aromatic carbocycles. The average Bonchev–Trinajstić information content (AvgIpc) is 3.60. The molecule has 0 radical (unpaired) electrons. The predicted molar refractivity (Wildman–Crippen MR) is 229 cm³/mol. The van der Waals surface area contributed by atoms with Gasteiger partial charge in [0, 0.05) is 38.9 Å².